The van der Waals surface area contributed by atoms with Crippen molar-refractivity contribution in [3.63, 3.8) is 0 Å². The highest BCUT2D eigenvalue weighted by Gasteiger charge is 2.19. The normalized spacial score (nSPS) is 10.9. The summed E-state index contributed by atoms with van der Waals surface area (Å²) in [5, 5.41) is 0.840. The number of hydrogen-bond donors (Lipinski definition) is 0. The first-order valence-electron chi connectivity index (χ1n) is 6.04. The monoisotopic (exact) mass is 305 g/mol. The Hall–Kier alpha value is -1.78. The zero-order chi connectivity index (χ0) is 14.3. The van der Waals surface area contributed by atoms with Gasteiger partial charge in [0.05, 0.1) is 32.8 Å². The molecule has 5 heteroatoms. The van der Waals surface area contributed by atoms with E-state index in [2.05, 4.69) is 0 Å². The van der Waals surface area contributed by atoms with E-state index >= 15 is 0 Å². The van der Waals surface area contributed by atoms with Crippen LogP contribution in [0.15, 0.2) is 36.5 Å². The fourth-order valence-corrected chi connectivity index (χ4v) is 3.32. The summed E-state index contributed by atoms with van der Waals surface area (Å²) in [6.45, 7) is 0. The summed E-state index contributed by atoms with van der Waals surface area (Å²) in [5.41, 5.74) is 1.61. The van der Waals surface area contributed by atoms with Gasteiger partial charge in [0, 0.05) is 13.2 Å². The van der Waals surface area contributed by atoms with E-state index in [-0.39, 0.29) is 5.78 Å². The number of halogens is 1. The Kier molecular flexibility index (Phi) is 3.28. The molecule has 0 N–H and O–H groups in total. The molecule has 0 spiro atoms. The largest absolute Gasteiger partial charge is 0.496 e. The molecule has 2 heterocycles. The van der Waals surface area contributed by atoms with Crippen molar-refractivity contribution in [3.8, 4) is 5.75 Å². The number of nitrogens with zero attached hydrogens (tertiary/aromatic N) is 1. The minimum atomic E-state index is -0.0306. The standard InChI is InChI=1S/C15H12ClNO2S/c1-17-8-9(15(18)12-6-7-13(16)20-12)14-10(17)4-3-5-11(14)19-2/h3-8H,1-2H3. The van der Waals surface area contributed by atoms with Gasteiger partial charge in [0.2, 0.25) is 5.78 Å². The van der Waals surface area contributed by atoms with Crippen LogP contribution < -0.4 is 4.74 Å². The van der Waals surface area contributed by atoms with Crippen LogP contribution in [0.1, 0.15) is 15.2 Å². The van der Waals surface area contributed by atoms with Crippen LogP contribution in [0, 0.1) is 0 Å². The molecule has 0 atom stereocenters. The highest BCUT2D eigenvalue weighted by atomic mass is 35.5. The van der Waals surface area contributed by atoms with Crippen LogP contribution in [0.5, 0.6) is 5.75 Å². The average molecular weight is 306 g/mol. The number of ether oxygens (including phenoxy) is 1. The molecule has 20 heavy (non-hydrogen) atoms. The Labute approximate surface area is 125 Å². The van der Waals surface area contributed by atoms with Crippen molar-refractivity contribution in [2.45, 2.75) is 0 Å². The lowest BCUT2D eigenvalue weighted by molar-refractivity contribution is 0.104. The minimum Gasteiger partial charge on any atom is -0.496 e. The Morgan fingerprint density at radius 2 is 2.10 bits per heavy atom. The van der Waals surface area contributed by atoms with Gasteiger partial charge in [-0.2, -0.15) is 0 Å². The number of aryl methyl sites for hydroxylation is 1. The summed E-state index contributed by atoms with van der Waals surface area (Å²) in [4.78, 5) is 13.3. The van der Waals surface area contributed by atoms with Gasteiger partial charge in [-0.25, -0.2) is 0 Å². The second kappa shape index (κ2) is 4.96. The molecule has 1 aromatic carbocycles. The average Bonchev–Trinajstić information content (AvgIpc) is 3.02. The van der Waals surface area contributed by atoms with E-state index in [1.165, 1.54) is 11.3 Å². The zero-order valence-corrected chi connectivity index (χ0v) is 12.6. The minimum absolute atomic E-state index is 0.0306. The molecule has 3 aromatic rings. The number of methoxy groups -OCH3 is 1. The number of rotatable bonds is 3. The number of fused-ring (bicyclic) bond motifs is 1. The van der Waals surface area contributed by atoms with E-state index in [0.29, 0.717) is 20.5 Å². The third-order valence-corrected chi connectivity index (χ3v) is 4.47. The molecule has 2 aromatic heterocycles. The van der Waals surface area contributed by atoms with E-state index < -0.39 is 0 Å². The highest BCUT2D eigenvalue weighted by Crippen LogP contribution is 2.33. The number of aromatic nitrogens is 1. The smallest absolute Gasteiger partial charge is 0.205 e. The molecule has 102 valence electrons. The van der Waals surface area contributed by atoms with E-state index in [1.807, 2.05) is 36.0 Å². The number of hydrogen-bond acceptors (Lipinski definition) is 3. The van der Waals surface area contributed by atoms with E-state index in [4.69, 9.17) is 16.3 Å². The first-order valence-corrected chi connectivity index (χ1v) is 7.23. The van der Waals surface area contributed by atoms with Crippen LogP contribution in [-0.4, -0.2) is 17.5 Å². The number of ketones is 1. The fourth-order valence-electron chi connectivity index (χ4n) is 2.32. The molecule has 0 saturated heterocycles. The molecule has 0 fully saturated rings. The molecule has 3 rings (SSSR count). The third-order valence-electron chi connectivity index (χ3n) is 3.24. The third kappa shape index (κ3) is 2.01. The van der Waals surface area contributed by atoms with Gasteiger partial charge in [-0.15, -0.1) is 11.3 Å². The van der Waals surface area contributed by atoms with Crippen molar-refractivity contribution >= 4 is 39.6 Å². The first-order chi connectivity index (χ1) is 9.61. The summed E-state index contributed by atoms with van der Waals surface area (Å²) >= 11 is 7.20. The first kappa shape index (κ1) is 13.2. The van der Waals surface area contributed by atoms with Gasteiger partial charge >= 0.3 is 0 Å². The molecule has 3 nitrogen and oxygen atoms in total. The van der Waals surface area contributed by atoms with Crippen molar-refractivity contribution in [2.75, 3.05) is 7.11 Å². The van der Waals surface area contributed by atoms with E-state index in [1.54, 1.807) is 19.2 Å². The lowest BCUT2D eigenvalue weighted by Crippen LogP contribution is -1.98. The number of benzene rings is 1. The SMILES string of the molecule is COc1cccc2c1c(C(=O)c1ccc(Cl)s1)cn2C. The van der Waals surface area contributed by atoms with Crippen molar-refractivity contribution in [1.29, 1.82) is 0 Å². The maximum Gasteiger partial charge on any atom is 0.205 e. The molecular weight excluding hydrogens is 294 g/mol. The second-order valence-electron chi connectivity index (χ2n) is 4.44. The fraction of sp³-hybridized carbons (Fsp3) is 0.133. The lowest BCUT2D eigenvalue weighted by Gasteiger charge is -2.04. The van der Waals surface area contributed by atoms with Gasteiger partial charge in [-0.05, 0) is 24.3 Å². The number of carbonyl (C=O) groups excluding carboxylic acids is 1. The Bertz CT molecular complexity index is 803. The van der Waals surface area contributed by atoms with Gasteiger partial charge in [0.1, 0.15) is 5.75 Å². The van der Waals surface area contributed by atoms with Crippen LogP contribution in [0.25, 0.3) is 10.9 Å². The predicted octanol–water partition coefficient (Wildman–Crippen LogP) is 4.13. The Balaban J connectivity index is 2.23. The second-order valence-corrected chi connectivity index (χ2v) is 6.16. The maximum absolute atomic E-state index is 12.6. The molecule has 0 amide bonds. The van der Waals surface area contributed by atoms with E-state index in [0.717, 1.165) is 10.9 Å². The van der Waals surface area contributed by atoms with Crippen LogP contribution in [0.4, 0.5) is 0 Å². The predicted molar refractivity (Wildman–Crippen MR) is 82.2 cm³/mol. The zero-order valence-electron chi connectivity index (χ0n) is 11.0. The van der Waals surface area contributed by atoms with Gasteiger partial charge in [-0.1, -0.05) is 17.7 Å². The summed E-state index contributed by atoms with van der Waals surface area (Å²) < 4.78 is 7.93. The van der Waals surface area contributed by atoms with Gasteiger partial charge in [0.25, 0.3) is 0 Å². The molecule has 0 aliphatic heterocycles. The quantitative estimate of drug-likeness (QED) is 0.681. The van der Waals surface area contributed by atoms with Gasteiger partial charge in [-0.3, -0.25) is 4.79 Å². The molecule has 0 radical (unpaired) electrons. The van der Waals surface area contributed by atoms with Crippen LogP contribution in [0.3, 0.4) is 0 Å². The number of carbonyl (C=O) groups is 1. The van der Waals surface area contributed by atoms with Crippen LogP contribution >= 0.6 is 22.9 Å². The number of thiophene rings is 1. The molecule has 0 bridgehead atoms. The topological polar surface area (TPSA) is 31.2 Å². The lowest BCUT2D eigenvalue weighted by atomic mass is 10.1. The summed E-state index contributed by atoms with van der Waals surface area (Å²) in [5.74, 6) is 0.672. The Morgan fingerprint density at radius 1 is 1.30 bits per heavy atom. The van der Waals surface area contributed by atoms with Gasteiger partial charge in [0.15, 0.2) is 0 Å². The summed E-state index contributed by atoms with van der Waals surface area (Å²) in [6, 6.07) is 9.24. The highest BCUT2D eigenvalue weighted by molar-refractivity contribution is 7.18. The summed E-state index contributed by atoms with van der Waals surface area (Å²) in [6.07, 6.45) is 1.84. The van der Waals surface area contributed by atoms with E-state index in [9.17, 15) is 4.79 Å². The van der Waals surface area contributed by atoms with Crippen molar-refractivity contribution in [2.24, 2.45) is 7.05 Å². The Morgan fingerprint density at radius 3 is 2.75 bits per heavy atom. The molecular formula is C15H12ClNO2S. The van der Waals surface area contributed by atoms with Crippen molar-refractivity contribution < 1.29 is 9.53 Å². The molecule has 0 aliphatic carbocycles. The van der Waals surface area contributed by atoms with Gasteiger partial charge < -0.3 is 9.30 Å². The maximum atomic E-state index is 12.6. The van der Waals surface area contributed by atoms with Crippen molar-refractivity contribution in [1.82, 2.24) is 4.57 Å². The molecule has 0 aliphatic rings. The van der Waals surface area contributed by atoms with Crippen LogP contribution in [-0.2, 0) is 7.05 Å². The van der Waals surface area contributed by atoms with Crippen molar-refractivity contribution in [3.05, 3.63) is 51.3 Å². The van der Waals surface area contributed by atoms with Crippen LogP contribution in [0.2, 0.25) is 4.34 Å². The molecule has 0 saturated carbocycles. The molecule has 0 unspecified atom stereocenters. The summed E-state index contributed by atoms with van der Waals surface area (Å²) in [7, 11) is 3.53.